The summed E-state index contributed by atoms with van der Waals surface area (Å²) in [6, 6.07) is 5.21. The van der Waals surface area contributed by atoms with Gasteiger partial charge in [0.1, 0.15) is 0 Å². The van der Waals surface area contributed by atoms with Crippen molar-refractivity contribution >= 4 is 39.3 Å². The summed E-state index contributed by atoms with van der Waals surface area (Å²) in [5, 5.41) is 1.38. The van der Waals surface area contributed by atoms with Crippen molar-refractivity contribution in [2.45, 2.75) is 36.3 Å². The van der Waals surface area contributed by atoms with Crippen molar-refractivity contribution < 1.29 is 31.0 Å². The van der Waals surface area contributed by atoms with Gasteiger partial charge in [-0.25, -0.2) is 13.8 Å². The Kier molecular flexibility index (Phi) is 6.77. The summed E-state index contributed by atoms with van der Waals surface area (Å²) in [5.74, 6) is -3.98. The smallest absolute Gasteiger partial charge is 0.369 e. The minimum atomic E-state index is -4.95. The van der Waals surface area contributed by atoms with Crippen LogP contribution in [0.15, 0.2) is 35.4 Å². The van der Waals surface area contributed by atoms with Gasteiger partial charge in [0.2, 0.25) is 5.92 Å². The van der Waals surface area contributed by atoms with Crippen LogP contribution in [0.2, 0.25) is 5.02 Å². The molecule has 3 rings (SSSR count). The van der Waals surface area contributed by atoms with E-state index >= 15 is 0 Å². The summed E-state index contributed by atoms with van der Waals surface area (Å²) in [4.78, 5) is 17.6. The van der Waals surface area contributed by atoms with Crippen molar-refractivity contribution in [2.75, 3.05) is 23.3 Å². The molecule has 1 amide bonds. The Morgan fingerprint density at radius 1 is 1.25 bits per heavy atom. The second-order valence-electron chi connectivity index (χ2n) is 7.11. The van der Waals surface area contributed by atoms with Crippen LogP contribution in [0.25, 0.3) is 0 Å². The molecule has 172 valence electrons. The van der Waals surface area contributed by atoms with E-state index in [4.69, 9.17) is 11.6 Å². The highest BCUT2D eigenvalue weighted by Crippen LogP contribution is 2.39. The number of anilines is 2. The fourth-order valence-corrected chi connectivity index (χ4v) is 4.07. The van der Waals surface area contributed by atoms with Crippen LogP contribution in [-0.4, -0.2) is 34.1 Å². The van der Waals surface area contributed by atoms with E-state index in [1.165, 1.54) is 29.2 Å². The van der Waals surface area contributed by atoms with Gasteiger partial charge in [-0.3, -0.25) is 4.79 Å². The molecule has 1 aromatic heterocycles. The lowest BCUT2D eigenvalue weighted by molar-refractivity contribution is -0.141. The van der Waals surface area contributed by atoms with Crippen LogP contribution < -0.4 is 10.2 Å². The van der Waals surface area contributed by atoms with E-state index in [1.54, 1.807) is 0 Å². The molecule has 0 radical (unpaired) electrons. The molecule has 6 nitrogen and oxygen atoms in total. The monoisotopic (exact) mass is 494 g/mol. The van der Waals surface area contributed by atoms with E-state index in [0.717, 1.165) is 6.20 Å². The lowest BCUT2D eigenvalue weighted by Crippen LogP contribution is -2.29. The van der Waals surface area contributed by atoms with Gasteiger partial charge in [-0.1, -0.05) is 17.7 Å². The van der Waals surface area contributed by atoms with E-state index < -0.39 is 57.6 Å². The Morgan fingerprint density at radius 3 is 2.62 bits per heavy atom. The fraction of sp³-hybridized carbons (Fsp3) is 0.368. The number of aromatic nitrogens is 1. The topological polar surface area (TPSA) is 86.1 Å². The third-order valence-electron chi connectivity index (χ3n) is 4.85. The molecule has 0 spiro atoms. The van der Waals surface area contributed by atoms with Crippen molar-refractivity contribution in [3.05, 3.63) is 46.7 Å². The Labute approximate surface area is 186 Å². The largest absolute Gasteiger partial charge is 0.434 e. The van der Waals surface area contributed by atoms with Crippen LogP contribution in [0, 0.1) is 4.61 Å². The Bertz CT molecular complexity index is 1170. The van der Waals surface area contributed by atoms with Crippen molar-refractivity contribution in [3.63, 3.8) is 0 Å². The number of hydrogen-bond donors (Lipinski definition) is 1. The summed E-state index contributed by atoms with van der Waals surface area (Å²) in [6.45, 7) is -0.145. The molecule has 1 N–H and O–H groups in total. The number of carbonyl (C=O) groups is 1. The predicted molar refractivity (Wildman–Crippen MR) is 108 cm³/mol. The van der Waals surface area contributed by atoms with Crippen molar-refractivity contribution in [2.24, 2.45) is 0 Å². The summed E-state index contributed by atoms with van der Waals surface area (Å²) < 4.78 is 88.0. The lowest BCUT2D eigenvalue weighted by Gasteiger charge is -2.26. The molecule has 0 bridgehead atoms. The number of nitrogens with one attached hydrogen (secondary N) is 1. The highest BCUT2D eigenvalue weighted by molar-refractivity contribution is 7.71. The van der Waals surface area contributed by atoms with Gasteiger partial charge in [-0.15, -0.1) is 4.61 Å². The van der Waals surface area contributed by atoms with Crippen molar-refractivity contribution in [1.82, 2.24) is 4.98 Å². The number of rotatable bonds is 3. The van der Waals surface area contributed by atoms with Crippen LogP contribution in [-0.2, 0) is 16.6 Å². The zero-order valence-corrected chi connectivity index (χ0v) is 17.8. The molecule has 0 unspecified atom stereocenters. The third kappa shape index (κ3) is 5.37. The molecule has 1 aromatic carbocycles. The number of halogens is 6. The van der Waals surface area contributed by atoms with Gasteiger partial charge in [0.25, 0.3) is 5.91 Å². The van der Waals surface area contributed by atoms with Gasteiger partial charge in [0, 0.05) is 31.6 Å². The standard InChI is InChI=1S/C19H16ClF5N4O2S/c20-15-14(17(30)28-11-3-1-4-12(9-11)32(26)31)13(10-27-16(15)19(23,24)25)29-7-2-5-18(21,22)6-8-29/h1,3-4,9-10H,2,5-8H2,(H,28,30). The van der Waals surface area contributed by atoms with Gasteiger partial charge in [0.15, 0.2) is 16.1 Å². The van der Waals surface area contributed by atoms with Crippen LogP contribution >= 0.6 is 11.6 Å². The second-order valence-corrected chi connectivity index (χ2v) is 8.45. The molecule has 1 saturated heterocycles. The lowest BCUT2D eigenvalue weighted by atomic mass is 10.1. The van der Waals surface area contributed by atoms with E-state index in [9.17, 15) is 35.6 Å². The predicted octanol–water partition coefficient (Wildman–Crippen LogP) is 5.22. The first-order valence-corrected chi connectivity index (χ1v) is 10.8. The maximum atomic E-state index is 13.8. The number of pyridine rings is 1. The minimum Gasteiger partial charge on any atom is -0.369 e. The van der Waals surface area contributed by atoms with E-state index in [-0.39, 0.29) is 35.8 Å². The summed E-state index contributed by atoms with van der Waals surface area (Å²) in [6.07, 6.45) is -5.04. The van der Waals surface area contributed by atoms with Crippen LogP contribution in [0.4, 0.5) is 33.3 Å². The second kappa shape index (κ2) is 9.05. The summed E-state index contributed by atoms with van der Waals surface area (Å²) in [5.41, 5.74) is -2.14. The highest BCUT2D eigenvalue weighted by Gasteiger charge is 2.39. The number of carbonyl (C=O) groups excluding carboxylic acids is 1. The van der Waals surface area contributed by atoms with E-state index in [1.807, 2.05) is 0 Å². The molecular formula is C19H16ClF5N4O2S. The Morgan fingerprint density at radius 2 is 1.97 bits per heavy atom. The molecule has 1 aliphatic rings. The SMILES string of the molecule is N#S(=O)c1cccc(NC(=O)c2c(N3CCCC(F)(F)CC3)cnc(C(F)(F)F)c2Cl)c1. The first-order valence-electron chi connectivity index (χ1n) is 9.30. The van der Waals surface area contributed by atoms with Gasteiger partial charge in [0.05, 0.1) is 27.4 Å². The average Bonchev–Trinajstić information content (AvgIpc) is 2.87. The number of hydrogen-bond acceptors (Lipinski definition) is 5. The minimum absolute atomic E-state index is 0.0321. The molecule has 13 heteroatoms. The van der Waals surface area contributed by atoms with E-state index in [2.05, 4.69) is 10.3 Å². The first-order chi connectivity index (χ1) is 14.9. The normalized spacial score (nSPS) is 16.3. The molecule has 2 heterocycles. The van der Waals surface area contributed by atoms with Crippen LogP contribution in [0.1, 0.15) is 35.3 Å². The molecule has 1 aliphatic heterocycles. The zero-order valence-electron chi connectivity index (χ0n) is 16.3. The number of alkyl halides is 5. The van der Waals surface area contributed by atoms with Gasteiger partial charge < -0.3 is 10.2 Å². The maximum Gasteiger partial charge on any atom is 0.434 e. The molecule has 32 heavy (non-hydrogen) atoms. The number of nitrogens with zero attached hydrogens (tertiary/aromatic N) is 3. The fourth-order valence-electron chi connectivity index (χ4n) is 3.31. The molecule has 2 aromatic rings. The van der Waals surface area contributed by atoms with Crippen molar-refractivity contribution in [3.8, 4) is 0 Å². The molecule has 1 fully saturated rings. The highest BCUT2D eigenvalue weighted by atomic mass is 35.5. The molecule has 0 atom stereocenters. The molecule has 0 saturated carbocycles. The van der Waals surface area contributed by atoms with Crippen LogP contribution in [0.3, 0.4) is 0 Å². The third-order valence-corrected chi connectivity index (χ3v) is 5.87. The molecule has 0 aliphatic carbocycles. The maximum absolute atomic E-state index is 13.8. The first kappa shape index (κ1) is 24.0. The molecular weight excluding hydrogens is 479 g/mol. The zero-order chi connectivity index (χ0) is 23.7. The van der Waals surface area contributed by atoms with Crippen molar-refractivity contribution in [1.29, 1.82) is 4.61 Å². The average molecular weight is 495 g/mol. The summed E-state index contributed by atoms with van der Waals surface area (Å²) >= 11 is 5.95. The van der Waals surface area contributed by atoms with Gasteiger partial charge in [-0.05, 0) is 24.6 Å². The van der Waals surface area contributed by atoms with Crippen LogP contribution in [0.5, 0.6) is 0 Å². The van der Waals surface area contributed by atoms with Gasteiger partial charge in [-0.2, -0.15) is 17.4 Å². The summed E-state index contributed by atoms with van der Waals surface area (Å²) in [7, 11) is -2.35. The Balaban J connectivity index is 2.05. The van der Waals surface area contributed by atoms with Gasteiger partial charge >= 0.3 is 6.18 Å². The Hall–Kier alpha value is -2.69. The quantitative estimate of drug-likeness (QED) is 0.591. The number of amides is 1. The number of benzene rings is 1. The van der Waals surface area contributed by atoms with E-state index in [0.29, 0.717) is 0 Å².